The number of carboxylic acid groups (broad SMARTS) is 1. The molecule has 3 unspecified atom stereocenters. The van der Waals surface area contributed by atoms with Crippen LogP contribution in [-0.4, -0.2) is 17.1 Å². The Kier molecular flexibility index (Phi) is 5.82. The van der Waals surface area contributed by atoms with Gasteiger partial charge in [0.25, 0.3) is 0 Å². The number of aliphatic carboxylic acids is 1. The Morgan fingerprint density at radius 2 is 1.94 bits per heavy atom. The van der Waals surface area contributed by atoms with E-state index in [1.807, 2.05) is 51.1 Å². The summed E-state index contributed by atoms with van der Waals surface area (Å²) in [7, 11) is 0. The van der Waals surface area contributed by atoms with E-state index in [0.717, 1.165) is 12.0 Å². The lowest BCUT2D eigenvalue weighted by atomic mass is 10.0. The SMILES string of the molecule is CCC(C)C(NOC(C)c1ccccc1)C(=O)O. The number of rotatable bonds is 7. The highest BCUT2D eigenvalue weighted by molar-refractivity contribution is 5.73. The van der Waals surface area contributed by atoms with E-state index in [0.29, 0.717) is 0 Å². The van der Waals surface area contributed by atoms with Crippen molar-refractivity contribution < 1.29 is 14.7 Å². The van der Waals surface area contributed by atoms with Crippen molar-refractivity contribution in [3.63, 3.8) is 0 Å². The van der Waals surface area contributed by atoms with Crippen LogP contribution in [0.25, 0.3) is 0 Å². The molecule has 0 bridgehead atoms. The molecule has 0 aliphatic rings. The van der Waals surface area contributed by atoms with Gasteiger partial charge in [0, 0.05) is 0 Å². The minimum Gasteiger partial charge on any atom is -0.480 e. The number of nitrogens with one attached hydrogen (secondary N) is 1. The Bertz CT molecular complexity index is 367. The van der Waals surface area contributed by atoms with E-state index in [2.05, 4.69) is 5.48 Å². The second-order valence-electron chi connectivity index (χ2n) is 4.49. The summed E-state index contributed by atoms with van der Waals surface area (Å²) < 4.78 is 0. The highest BCUT2D eigenvalue weighted by Gasteiger charge is 2.24. The van der Waals surface area contributed by atoms with Crippen LogP contribution in [0.15, 0.2) is 30.3 Å². The van der Waals surface area contributed by atoms with Crippen LogP contribution < -0.4 is 5.48 Å². The van der Waals surface area contributed by atoms with Gasteiger partial charge in [-0.2, -0.15) is 5.48 Å². The Balaban J connectivity index is 2.55. The maximum absolute atomic E-state index is 11.1. The van der Waals surface area contributed by atoms with E-state index < -0.39 is 12.0 Å². The average molecular weight is 251 g/mol. The number of carbonyl (C=O) groups is 1. The smallest absolute Gasteiger partial charge is 0.323 e. The van der Waals surface area contributed by atoms with E-state index >= 15 is 0 Å². The van der Waals surface area contributed by atoms with Crippen LogP contribution >= 0.6 is 0 Å². The number of hydrogen-bond donors (Lipinski definition) is 2. The normalized spacial score (nSPS) is 15.9. The lowest BCUT2D eigenvalue weighted by Gasteiger charge is -2.22. The Morgan fingerprint density at radius 1 is 1.33 bits per heavy atom. The van der Waals surface area contributed by atoms with Crippen molar-refractivity contribution in [1.82, 2.24) is 5.48 Å². The zero-order chi connectivity index (χ0) is 13.5. The fourth-order valence-electron chi connectivity index (χ4n) is 1.61. The van der Waals surface area contributed by atoms with Crippen LogP contribution in [0.2, 0.25) is 0 Å². The zero-order valence-electron chi connectivity index (χ0n) is 11.1. The average Bonchev–Trinajstić information content (AvgIpc) is 2.39. The summed E-state index contributed by atoms with van der Waals surface area (Å²) in [6.45, 7) is 5.74. The number of hydrogen-bond acceptors (Lipinski definition) is 3. The minimum atomic E-state index is -0.885. The molecule has 0 aromatic heterocycles. The molecule has 3 atom stereocenters. The predicted molar refractivity (Wildman–Crippen MR) is 70.0 cm³/mol. The minimum absolute atomic E-state index is 0.0190. The highest BCUT2D eigenvalue weighted by Crippen LogP contribution is 2.16. The second kappa shape index (κ2) is 7.13. The van der Waals surface area contributed by atoms with Crippen LogP contribution in [0.5, 0.6) is 0 Å². The molecule has 0 saturated heterocycles. The molecule has 100 valence electrons. The van der Waals surface area contributed by atoms with Crippen molar-refractivity contribution in [2.24, 2.45) is 5.92 Å². The molecule has 0 aliphatic carbocycles. The molecule has 0 fully saturated rings. The summed E-state index contributed by atoms with van der Waals surface area (Å²) >= 11 is 0. The van der Waals surface area contributed by atoms with Crippen molar-refractivity contribution in [3.8, 4) is 0 Å². The first-order valence-corrected chi connectivity index (χ1v) is 6.25. The maximum Gasteiger partial charge on any atom is 0.323 e. The molecule has 4 heteroatoms. The van der Waals surface area contributed by atoms with Gasteiger partial charge in [-0.25, -0.2) is 0 Å². The van der Waals surface area contributed by atoms with Crippen LogP contribution in [0, 0.1) is 5.92 Å². The first-order valence-electron chi connectivity index (χ1n) is 6.25. The maximum atomic E-state index is 11.1. The molecule has 18 heavy (non-hydrogen) atoms. The summed E-state index contributed by atoms with van der Waals surface area (Å²) in [6, 6.07) is 9.01. The third-order valence-corrected chi connectivity index (χ3v) is 3.12. The first kappa shape index (κ1) is 14.7. The number of carboxylic acids is 1. The van der Waals surface area contributed by atoms with Gasteiger partial charge in [0.1, 0.15) is 12.1 Å². The van der Waals surface area contributed by atoms with Crippen molar-refractivity contribution in [1.29, 1.82) is 0 Å². The molecule has 0 aliphatic heterocycles. The van der Waals surface area contributed by atoms with E-state index in [1.54, 1.807) is 0 Å². The van der Waals surface area contributed by atoms with Gasteiger partial charge in [-0.1, -0.05) is 50.6 Å². The quantitative estimate of drug-likeness (QED) is 0.732. The van der Waals surface area contributed by atoms with Crippen molar-refractivity contribution in [2.75, 3.05) is 0 Å². The van der Waals surface area contributed by atoms with Gasteiger partial charge in [-0.3, -0.25) is 9.63 Å². The molecule has 1 aromatic carbocycles. The Labute approximate surface area is 108 Å². The summed E-state index contributed by atoms with van der Waals surface area (Å²) in [4.78, 5) is 16.5. The first-order chi connectivity index (χ1) is 8.56. The zero-order valence-corrected chi connectivity index (χ0v) is 11.1. The van der Waals surface area contributed by atoms with Gasteiger partial charge in [-0.15, -0.1) is 0 Å². The molecular weight excluding hydrogens is 230 g/mol. The predicted octanol–water partition coefficient (Wildman–Crippen LogP) is 2.77. The van der Waals surface area contributed by atoms with E-state index in [-0.39, 0.29) is 12.0 Å². The summed E-state index contributed by atoms with van der Waals surface area (Å²) in [6.07, 6.45) is 0.602. The Morgan fingerprint density at radius 3 is 2.44 bits per heavy atom. The number of hydroxylamine groups is 1. The van der Waals surface area contributed by atoms with Crippen LogP contribution in [0.4, 0.5) is 0 Å². The molecule has 1 rings (SSSR count). The third kappa shape index (κ3) is 4.13. The highest BCUT2D eigenvalue weighted by atomic mass is 16.7. The summed E-state index contributed by atoms with van der Waals surface area (Å²) in [5.74, 6) is -0.866. The van der Waals surface area contributed by atoms with E-state index in [4.69, 9.17) is 9.94 Å². The van der Waals surface area contributed by atoms with Crippen molar-refractivity contribution in [3.05, 3.63) is 35.9 Å². The third-order valence-electron chi connectivity index (χ3n) is 3.12. The Hall–Kier alpha value is -1.39. The van der Waals surface area contributed by atoms with Crippen LogP contribution in [-0.2, 0) is 9.63 Å². The molecule has 0 radical (unpaired) electrons. The lowest BCUT2D eigenvalue weighted by molar-refractivity contribution is -0.148. The van der Waals surface area contributed by atoms with Gasteiger partial charge in [-0.05, 0) is 18.4 Å². The van der Waals surface area contributed by atoms with Crippen molar-refractivity contribution in [2.45, 2.75) is 39.3 Å². The van der Waals surface area contributed by atoms with Gasteiger partial charge in [0.2, 0.25) is 0 Å². The molecule has 4 nitrogen and oxygen atoms in total. The van der Waals surface area contributed by atoms with Gasteiger partial charge < -0.3 is 5.11 Å². The fourth-order valence-corrected chi connectivity index (χ4v) is 1.61. The van der Waals surface area contributed by atoms with Crippen molar-refractivity contribution >= 4 is 5.97 Å². The standard InChI is InChI=1S/C14H21NO3/c1-4-10(2)13(14(16)17)15-18-11(3)12-8-6-5-7-9-12/h5-11,13,15H,4H2,1-3H3,(H,16,17). The number of benzene rings is 1. The molecule has 0 amide bonds. The molecule has 1 aromatic rings. The monoisotopic (exact) mass is 251 g/mol. The van der Waals surface area contributed by atoms with Gasteiger partial charge in [0.05, 0.1) is 0 Å². The lowest BCUT2D eigenvalue weighted by Crippen LogP contribution is -2.42. The van der Waals surface area contributed by atoms with Gasteiger partial charge >= 0.3 is 5.97 Å². The summed E-state index contributed by atoms with van der Waals surface area (Å²) in [5, 5.41) is 9.12. The van der Waals surface area contributed by atoms with E-state index in [9.17, 15) is 4.79 Å². The molecule has 0 saturated carbocycles. The summed E-state index contributed by atoms with van der Waals surface area (Å²) in [5.41, 5.74) is 3.68. The fraction of sp³-hybridized carbons (Fsp3) is 0.500. The van der Waals surface area contributed by atoms with Crippen LogP contribution in [0.1, 0.15) is 38.9 Å². The van der Waals surface area contributed by atoms with E-state index in [1.165, 1.54) is 0 Å². The molecule has 2 N–H and O–H groups in total. The topological polar surface area (TPSA) is 58.6 Å². The molecule has 0 spiro atoms. The molecular formula is C14H21NO3. The largest absolute Gasteiger partial charge is 0.480 e. The second-order valence-corrected chi connectivity index (χ2v) is 4.49. The van der Waals surface area contributed by atoms with Gasteiger partial charge in [0.15, 0.2) is 0 Å². The van der Waals surface area contributed by atoms with Crippen LogP contribution in [0.3, 0.4) is 0 Å². The molecule has 0 heterocycles.